The van der Waals surface area contributed by atoms with Gasteiger partial charge in [-0.25, -0.2) is 0 Å². The van der Waals surface area contributed by atoms with Crippen LogP contribution in [-0.4, -0.2) is 56.0 Å². The Hall–Kier alpha value is -3.75. The van der Waals surface area contributed by atoms with Crippen LogP contribution in [0.5, 0.6) is 17.2 Å². The van der Waals surface area contributed by atoms with Gasteiger partial charge in [-0.3, -0.25) is 14.4 Å². The maximum Gasteiger partial charge on any atom is 0.255 e. The summed E-state index contributed by atoms with van der Waals surface area (Å²) in [5, 5.41) is 2.85. The molecule has 1 unspecified atom stereocenters. The zero-order valence-electron chi connectivity index (χ0n) is 17.4. The van der Waals surface area contributed by atoms with Crippen LogP contribution in [0.15, 0.2) is 42.5 Å². The van der Waals surface area contributed by atoms with Crippen molar-refractivity contribution in [2.45, 2.75) is 18.9 Å². The molecule has 3 amide bonds. The Morgan fingerprint density at radius 2 is 1.81 bits per heavy atom. The number of nitrogens with zero attached hydrogens (tertiary/aromatic N) is 1. The number of carbonyl (C=O) groups is 3. The maximum atomic E-state index is 13.1. The van der Waals surface area contributed by atoms with Gasteiger partial charge in [-0.15, -0.1) is 0 Å². The van der Waals surface area contributed by atoms with Gasteiger partial charge < -0.3 is 30.2 Å². The zero-order valence-corrected chi connectivity index (χ0v) is 17.4. The third kappa shape index (κ3) is 5.25. The molecule has 3 rings (SSSR count). The molecule has 31 heavy (non-hydrogen) atoms. The molecule has 3 N–H and O–H groups in total. The van der Waals surface area contributed by atoms with Crippen LogP contribution in [0.25, 0.3) is 0 Å². The van der Waals surface area contributed by atoms with Gasteiger partial charge in [0.1, 0.15) is 11.8 Å². The topological polar surface area (TPSA) is 120 Å². The molecular formula is C22H25N3O6. The predicted octanol–water partition coefficient (Wildman–Crippen LogP) is 1.81. The quantitative estimate of drug-likeness (QED) is 0.663. The molecule has 1 saturated heterocycles. The summed E-state index contributed by atoms with van der Waals surface area (Å²) in [7, 11) is 3.00. The number of nitrogens with one attached hydrogen (secondary N) is 1. The second-order valence-electron chi connectivity index (χ2n) is 6.99. The van der Waals surface area contributed by atoms with Crippen LogP contribution >= 0.6 is 0 Å². The second-order valence-corrected chi connectivity index (χ2v) is 6.99. The maximum absolute atomic E-state index is 13.1. The van der Waals surface area contributed by atoms with E-state index in [1.807, 2.05) is 0 Å². The molecule has 164 valence electrons. The van der Waals surface area contributed by atoms with Crippen LogP contribution in [0.3, 0.4) is 0 Å². The summed E-state index contributed by atoms with van der Waals surface area (Å²) >= 11 is 0. The van der Waals surface area contributed by atoms with Crippen molar-refractivity contribution in [1.29, 1.82) is 0 Å². The molecule has 0 aliphatic carbocycles. The zero-order chi connectivity index (χ0) is 22.4. The fourth-order valence-electron chi connectivity index (χ4n) is 3.42. The Bertz CT molecular complexity index is 960. The molecule has 2 aromatic rings. The molecule has 1 heterocycles. The van der Waals surface area contributed by atoms with Crippen molar-refractivity contribution in [3.05, 3.63) is 48.0 Å². The second kappa shape index (κ2) is 9.84. The van der Waals surface area contributed by atoms with E-state index >= 15 is 0 Å². The highest BCUT2D eigenvalue weighted by Crippen LogP contribution is 2.30. The van der Waals surface area contributed by atoms with Gasteiger partial charge in [0.15, 0.2) is 18.1 Å². The van der Waals surface area contributed by atoms with E-state index in [-0.39, 0.29) is 18.4 Å². The van der Waals surface area contributed by atoms with Crippen molar-refractivity contribution in [2.24, 2.45) is 5.73 Å². The van der Waals surface area contributed by atoms with Gasteiger partial charge in [-0.05, 0) is 55.3 Å². The molecule has 1 aliphatic heterocycles. The molecule has 0 aromatic heterocycles. The van der Waals surface area contributed by atoms with Crippen LogP contribution in [0.1, 0.15) is 23.2 Å². The molecule has 0 bridgehead atoms. The van der Waals surface area contributed by atoms with Crippen molar-refractivity contribution in [3.8, 4) is 17.2 Å². The first-order valence-corrected chi connectivity index (χ1v) is 9.78. The van der Waals surface area contributed by atoms with E-state index < -0.39 is 11.9 Å². The number of primary amides is 1. The van der Waals surface area contributed by atoms with Crippen molar-refractivity contribution < 1.29 is 28.6 Å². The third-order valence-electron chi connectivity index (χ3n) is 4.95. The molecule has 2 aromatic carbocycles. The van der Waals surface area contributed by atoms with E-state index in [1.165, 1.54) is 19.2 Å². The number of benzene rings is 2. The first kappa shape index (κ1) is 21.9. The number of likely N-dealkylation sites (tertiary alicyclic amines) is 1. The lowest BCUT2D eigenvalue weighted by Gasteiger charge is -2.24. The molecule has 1 fully saturated rings. The Morgan fingerprint density at radius 1 is 1.06 bits per heavy atom. The summed E-state index contributed by atoms with van der Waals surface area (Å²) < 4.78 is 15.7. The Kier molecular flexibility index (Phi) is 6.96. The van der Waals surface area contributed by atoms with Crippen LogP contribution in [-0.2, 0) is 9.59 Å². The highest BCUT2D eigenvalue weighted by atomic mass is 16.5. The number of rotatable bonds is 8. The lowest BCUT2D eigenvalue weighted by molar-refractivity contribution is -0.120. The number of hydrogen-bond donors (Lipinski definition) is 2. The van der Waals surface area contributed by atoms with Crippen LogP contribution in [0, 0.1) is 0 Å². The van der Waals surface area contributed by atoms with Crippen LogP contribution in [0.2, 0.25) is 0 Å². The Labute approximate surface area is 180 Å². The molecule has 0 saturated carbocycles. The first-order chi connectivity index (χ1) is 14.9. The highest BCUT2D eigenvalue weighted by Gasteiger charge is 2.35. The highest BCUT2D eigenvalue weighted by molar-refractivity contribution is 6.01. The van der Waals surface area contributed by atoms with Crippen LogP contribution < -0.4 is 25.3 Å². The minimum Gasteiger partial charge on any atom is -0.497 e. The average molecular weight is 427 g/mol. The van der Waals surface area contributed by atoms with Gasteiger partial charge in [-0.2, -0.15) is 0 Å². The van der Waals surface area contributed by atoms with E-state index in [2.05, 4.69) is 5.32 Å². The van der Waals surface area contributed by atoms with Gasteiger partial charge in [0, 0.05) is 17.8 Å². The van der Waals surface area contributed by atoms with E-state index in [9.17, 15) is 14.4 Å². The fourth-order valence-corrected chi connectivity index (χ4v) is 3.42. The number of ether oxygens (including phenoxy) is 3. The minimum atomic E-state index is -0.620. The summed E-state index contributed by atoms with van der Waals surface area (Å²) in [6.45, 7) is 0.172. The predicted molar refractivity (Wildman–Crippen MR) is 113 cm³/mol. The first-order valence-electron chi connectivity index (χ1n) is 9.78. The number of carbonyl (C=O) groups excluding carboxylic acids is 3. The summed E-state index contributed by atoms with van der Waals surface area (Å²) in [4.78, 5) is 38.4. The lowest BCUT2D eigenvalue weighted by atomic mass is 10.1. The molecule has 1 aliphatic rings. The van der Waals surface area contributed by atoms with Gasteiger partial charge >= 0.3 is 0 Å². The molecule has 0 radical (unpaired) electrons. The number of anilines is 1. The van der Waals surface area contributed by atoms with E-state index in [0.29, 0.717) is 41.5 Å². The molecule has 0 spiro atoms. The average Bonchev–Trinajstić information content (AvgIpc) is 3.27. The summed E-state index contributed by atoms with van der Waals surface area (Å²) in [5.41, 5.74) is 6.08. The summed E-state index contributed by atoms with van der Waals surface area (Å²) in [6.07, 6.45) is 1.30. The molecule has 1 atom stereocenters. The van der Waals surface area contributed by atoms with Crippen molar-refractivity contribution >= 4 is 23.4 Å². The summed E-state index contributed by atoms with van der Waals surface area (Å²) in [5.74, 6) is 0.132. The number of methoxy groups -OCH3 is 2. The van der Waals surface area contributed by atoms with E-state index in [0.717, 1.165) is 6.42 Å². The minimum absolute atomic E-state index is 0.246. The van der Waals surface area contributed by atoms with Crippen molar-refractivity contribution in [2.75, 3.05) is 32.7 Å². The number of nitrogens with two attached hydrogens (primary N) is 1. The Morgan fingerprint density at radius 3 is 2.45 bits per heavy atom. The molecular weight excluding hydrogens is 402 g/mol. The van der Waals surface area contributed by atoms with Gasteiger partial charge in [-0.1, -0.05) is 0 Å². The van der Waals surface area contributed by atoms with Gasteiger partial charge in [0.25, 0.3) is 11.8 Å². The molecule has 9 heteroatoms. The summed E-state index contributed by atoms with van der Waals surface area (Å²) in [6, 6.07) is 11.0. The number of amides is 3. The van der Waals surface area contributed by atoms with E-state index in [1.54, 1.807) is 42.3 Å². The van der Waals surface area contributed by atoms with Crippen molar-refractivity contribution in [3.63, 3.8) is 0 Å². The fraction of sp³-hybridized carbons (Fsp3) is 0.318. The van der Waals surface area contributed by atoms with Gasteiger partial charge in [0.05, 0.1) is 14.2 Å². The standard InChI is InChI=1S/C22H25N3O6/c1-29-16-8-6-15(7-9-16)24-21(27)17-4-3-11-25(17)22(28)14-5-10-18(19(12-14)30-2)31-13-20(23)26/h5-10,12,17H,3-4,11,13H2,1-2H3,(H2,23,26)(H,24,27). The van der Waals surface area contributed by atoms with E-state index in [4.69, 9.17) is 19.9 Å². The lowest BCUT2D eigenvalue weighted by Crippen LogP contribution is -2.43. The normalized spacial score (nSPS) is 15.3. The smallest absolute Gasteiger partial charge is 0.255 e. The van der Waals surface area contributed by atoms with Crippen LogP contribution in [0.4, 0.5) is 5.69 Å². The molecule has 9 nitrogen and oxygen atoms in total. The number of hydrogen-bond acceptors (Lipinski definition) is 6. The van der Waals surface area contributed by atoms with Crippen molar-refractivity contribution in [1.82, 2.24) is 4.90 Å². The third-order valence-corrected chi connectivity index (χ3v) is 4.95. The monoisotopic (exact) mass is 427 g/mol. The van der Waals surface area contributed by atoms with Gasteiger partial charge in [0.2, 0.25) is 5.91 Å². The SMILES string of the molecule is COc1ccc(NC(=O)C2CCCN2C(=O)c2ccc(OCC(N)=O)c(OC)c2)cc1. The largest absolute Gasteiger partial charge is 0.497 e. The Balaban J connectivity index is 1.72.